The second-order valence-electron chi connectivity index (χ2n) is 4.59. The van der Waals surface area contributed by atoms with E-state index in [1.165, 1.54) is 17.8 Å². The number of ether oxygens (including phenoxy) is 1. The van der Waals surface area contributed by atoms with Gasteiger partial charge in [-0.15, -0.1) is 0 Å². The number of aromatic nitrogens is 2. The van der Waals surface area contributed by atoms with Crippen LogP contribution < -0.4 is 10.9 Å². The Hall–Kier alpha value is -1.34. The first-order valence-corrected chi connectivity index (χ1v) is 8.52. The van der Waals surface area contributed by atoms with Crippen LogP contribution >= 0.6 is 11.8 Å². The zero-order valence-corrected chi connectivity index (χ0v) is 13.4. The van der Waals surface area contributed by atoms with Crippen LogP contribution in [-0.2, 0) is 10.5 Å². The fourth-order valence-electron chi connectivity index (χ4n) is 1.64. The summed E-state index contributed by atoms with van der Waals surface area (Å²) in [5.74, 6) is 0.766. The van der Waals surface area contributed by atoms with Gasteiger partial charge in [-0.2, -0.15) is 11.8 Å². The molecule has 0 aromatic carbocycles. The Balaban J connectivity index is 2.36. The first-order chi connectivity index (χ1) is 10.2. The van der Waals surface area contributed by atoms with Gasteiger partial charge in [0, 0.05) is 25.8 Å². The van der Waals surface area contributed by atoms with Crippen molar-refractivity contribution < 1.29 is 9.53 Å². The molecule has 21 heavy (non-hydrogen) atoms. The van der Waals surface area contributed by atoms with Crippen molar-refractivity contribution in [2.24, 2.45) is 0 Å². The number of aromatic amines is 1. The maximum absolute atomic E-state index is 11.9. The summed E-state index contributed by atoms with van der Waals surface area (Å²) in [6.07, 6.45) is 4.83. The quantitative estimate of drug-likeness (QED) is 0.641. The number of thioether (sulfide) groups is 1. The highest BCUT2D eigenvalue weighted by atomic mass is 32.2. The smallest absolute Gasteiger partial charge is 0.270 e. The van der Waals surface area contributed by atoms with Gasteiger partial charge in [0.1, 0.15) is 11.5 Å². The number of hydrogen-bond donors (Lipinski definition) is 2. The Morgan fingerprint density at radius 1 is 1.43 bits per heavy atom. The molecule has 0 aliphatic heterocycles. The van der Waals surface area contributed by atoms with Crippen LogP contribution in [0, 0.1) is 0 Å². The fraction of sp³-hybridized carbons (Fsp3) is 0.643. The van der Waals surface area contributed by atoms with Crippen molar-refractivity contribution in [3.8, 4) is 0 Å². The van der Waals surface area contributed by atoms with Crippen LogP contribution in [-0.4, -0.2) is 41.9 Å². The lowest BCUT2D eigenvalue weighted by molar-refractivity contribution is 0.0935. The molecule has 1 aromatic rings. The van der Waals surface area contributed by atoms with Gasteiger partial charge in [0.25, 0.3) is 11.5 Å². The zero-order chi connectivity index (χ0) is 15.5. The van der Waals surface area contributed by atoms with E-state index < -0.39 is 0 Å². The van der Waals surface area contributed by atoms with E-state index in [4.69, 9.17) is 4.74 Å². The molecule has 0 saturated carbocycles. The summed E-state index contributed by atoms with van der Waals surface area (Å²) in [6.45, 7) is 4.01. The molecule has 0 aliphatic carbocycles. The average Bonchev–Trinajstić information content (AvgIpc) is 2.46. The Bertz CT molecular complexity index is 491. The molecule has 1 aromatic heterocycles. The maximum Gasteiger partial charge on any atom is 0.270 e. The van der Waals surface area contributed by atoms with Crippen molar-refractivity contribution in [1.82, 2.24) is 15.3 Å². The van der Waals surface area contributed by atoms with Crippen LogP contribution in [0.3, 0.4) is 0 Å². The van der Waals surface area contributed by atoms with Crippen molar-refractivity contribution in [1.29, 1.82) is 0 Å². The van der Waals surface area contributed by atoms with E-state index in [9.17, 15) is 9.59 Å². The predicted octanol–water partition coefficient (Wildman–Crippen LogP) is 1.57. The number of H-pyrrole nitrogens is 1. The van der Waals surface area contributed by atoms with Crippen LogP contribution in [0.2, 0.25) is 0 Å². The standard InChI is InChI=1S/C14H23N3O3S/c1-3-4-7-20-8-5-6-15-14(19)11-9-13(18)17-12(16-11)10-21-2/h9H,3-8,10H2,1-2H3,(H,15,19)(H,16,17,18). The number of rotatable bonds is 10. The number of hydrogen-bond acceptors (Lipinski definition) is 5. The second-order valence-corrected chi connectivity index (χ2v) is 5.45. The van der Waals surface area contributed by atoms with Crippen molar-refractivity contribution in [2.45, 2.75) is 31.9 Å². The number of amides is 1. The van der Waals surface area contributed by atoms with Gasteiger partial charge in [-0.25, -0.2) is 4.98 Å². The maximum atomic E-state index is 11.9. The third-order valence-corrected chi connectivity index (χ3v) is 3.26. The first kappa shape index (κ1) is 17.7. The molecule has 7 heteroatoms. The monoisotopic (exact) mass is 313 g/mol. The molecule has 0 spiro atoms. The Labute approximate surface area is 129 Å². The number of carbonyl (C=O) groups excluding carboxylic acids is 1. The van der Waals surface area contributed by atoms with E-state index in [0.717, 1.165) is 25.9 Å². The number of nitrogens with one attached hydrogen (secondary N) is 2. The largest absolute Gasteiger partial charge is 0.381 e. The molecule has 0 atom stereocenters. The van der Waals surface area contributed by atoms with E-state index in [0.29, 0.717) is 24.7 Å². The fourth-order valence-corrected chi connectivity index (χ4v) is 2.05. The molecule has 118 valence electrons. The normalized spacial score (nSPS) is 10.6. The SMILES string of the molecule is CCCCOCCCNC(=O)c1cc(=O)[nH]c(CSC)n1. The summed E-state index contributed by atoms with van der Waals surface area (Å²) in [5, 5.41) is 2.75. The number of unbranched alkanes of at least 4 members (excludes halogenated alkanes) is 1. The third-order valence-electron chi connectivity index (χ3n) is 2.70. The van der Waals surface area contributed by atoms with Crippen LogP contribution in [0.4, 0.5) is 0 Å². The lowest BCUT2D eigenvalue weighted by Gasteiger charge is -2.06. The molecular formula is C14H23N3O3S. The summed E-state index contributed by atoms with van der Waals surface area (Å²) < 4.78 is 5.41. The first-order valence-electron chi connectivity index (χ1n) is 7.12. The summed E-state index contributed by atoms with van der Waals surface area (Å²) >= 11 is 1.53. The molecule has 6 nitrogen and oxygen atoms in total. The van der Waals surface area contributed by atoms with E-state index in [-0.39, 0.29) is 17.2 Å². The average molecular weight is 313 g/mol. The van der Waals surface area contributed by atoms with Gasteiger partial charge in [0.05, 0.1) is 5.75 Å². The van der Waals surface area contributed by atoms with E-state index >= 15 is 0 Å². The van der Waals surface area contributed by atoms with E-state index in [2.05, 4.69) is 22.2 Å². The highest BCUT2D eigenvalue weighted by Gasteiger charge is 2.09. The van der Waals surface area contributed by atoms with Crippen molar-refractivity contribution in [3.63, 3.8) is 0 Å². The molecule has 0 radical (unpaired) electrons. The molecule has 0 fully saturated rings. The molecule has 1 amide bonds. The highest BCUT2D eigenvalue weighted by Crippen LogP contribution is 2.02. The van der Waals surface area contributed by atoms with E-state index in [1.54, 1.807) is 0 Å². The lowest BCUT2D eigenvalue weighted by atomic mass is 10.3. The van der Waals surface area contributed by atoms with Gasteiger partial charge in [-0.3, -0.25) is 9.59 Å². The van der Waals surface area contributed by atoms with Gasteiger partial charge in [0.2, 0.25) is 0 Å². The molecular weight excluding hydrogens is 290 g/mol. The minimum atomic E-state index is -0.322. The highest BCUT2D eigenvalue weighted by molar-refractivity contribution is 7.97. The Morgan fingerprint density at radius 3 is 2.90 bits per heavy atom. The predicted molar refractivity (Wildman–Crippen MR) is 84.8 cm³/mol. The summed E-state index contributed by atoms with van der Waals surface area (Å²) in [4.78, 5) is 30.1. The number of nitrogens with zero attached hydrogens (tertiary/aromatic N) is 1. The van der Waals surface area contributed by atoms with E-state index in [1.807, 2.05) is 6.26 Å². The zero-order valence-electron chi connectivity index (χ0n) is 12.6. The molecule has 2 N–H and O–H groups in total. The second kappa shape index (κ2) is 10.4. The minimum Gasteiger partial charge on any atom is -0.381 e. The summed E-state index contributed by atoms with van der Waals surface area (Å²) in [6, 6.07) is 1.22. The molecule has 1 rings (SSSR count). The van der Waals surface area contributed by atoms with Crippen LogP contribution in [0.15, 0.2) is 10.9 Å². The third kappa shape index (κ3) is 7.29. The van der Waals surface area contributed by atoms with Crippen molar-refractivity contribution in [3.05, 3.63) is 27.9 Å². The van der Waals surface area contributed by atoms with Gasteiger partial charge < -0.3 is 15.0 Å². The molecule has 0 saturated heterocycles. The Kier molecular flexibility index (Phi) is 8.77. The van der Waals surface area contributed by atoms with Crippen molar-refractivity contribution >= 4 is 17.7 Å². The van der Waals surface area contributed by atoms with Crippen molar-refractivity contribution in [2.75, 3.05) is 26.0 Å². The number of carbonyl (C=O) groups is 1. The summed E-state index contributed by atoms with van der Waals surface area (Å²) in [5.41, 5.74) is -0.142. The van der Waals surface area contributed by atoms with Gasteiger partial charge in [-0.1, -0.05) is 13.3 Å². The van der Waals surface area contributed by atoms with Crippen LogP contribution in [0.25, 0.3) is 0 Å². The van der Waals surface area contributed by atoms with Gasteiger partial charge in [0.15, 0.2) is 0 Å². The molecule has 0 bridgehead atoms. The minimum absolute atomic E-state index is 0.162. The van der Waals surface area contributed by atoms with Crippen LogP contribution in [0.1, 0.15) is 42.5 Å². The van der Waals surface area contributed by atoms with Gasteiger partial charge >= 0.3 is 0 Å². The molecule has 0 aliphatic rings. The summed E-state index contributed by atoms with van der Waals surface area (Å²) in [7, 11) is 0. The van der Waals surface area contributed by atoms with Gasteiger partial charge in [-0.05, 0) is 19.1 Å². The molecule has 1 heterocycles. The Morgan fingerprint density at radius 2 is 2.19 bits per heavy atom. The molecule has 0 unspecified atom stereocenters. The lowest BCUT2D eigenvalue weighted by Crippen LogP contribution is -2.28. The topological polar surface area (TPSA) is 84.1 Å². The van der Waals surface area contributed by atoms with Crippen LogP contribution in [0.5, 0.6) is 0 Å².